The fraction of sp³-hybridized carbons (Fsp3) is 0.900. The first-order chi connectivity index (χ1) is 7.24. The minimum atomic E-state index is -0.398. The van der Waals surface area contributed by atoms with E-state index in [4.69, 9.17) is 10.00 Å². The highest BCUT2D eigenvalue weighted by atomic mass is 16.5. The standard InChI is InChI=1S/C10H21N3O2/c1-12-8-10(14)9-13(5-3-4-11)6-7-15-2/h10,12,14H,3,5-9H2,1-2H3. The lowest BCUT2D eigenvalue weighted by molar-refractivity contribution is 0.0907. The van der Waals surface area contributed by atoms with Crippen molar-refractivity contribution in [1.82, 2.24) is 10.2 Å². The molecule has 5 heteroatoms. The summed E-state index contributed by atoms with van der Waals surface area (Å²) in [6.45, 7) is 3.19. The summed E-state index contributed by atoms with van der Waals surface area (Å²) in [5.74, 6) is 0. The molecule has 0 aromatic carbocycles. The Morgan fingerprint density at radius 1 is 1.53 bits per heavy atom. The Morgan fingerprint density at radius 3 is 2.80 bits per heavy atom. The first kappa shape index (κ1) is 14.3. The number of aliphatic hydroxyl groups excluding tert-OH is 1. The molecule has 1 atom stereocenters. The van der Waals surface area contributed by atoms with Gasteiger partial charge in [0.15, 0.2) is 0 Å². The molecule has 5 nitrogen and oxygen atoms in total. The van der Waals surface area contributed by atoms with E-state index in [1.54, 1.807) is 14.2 Å². The van der Waals surface area contributed by atoms with Crippen LogP contribution in [0.25, 0.3) is 0 Å². The van der Waals surface area contributed by atoms with Gasteiger partial charge < -0.3 is 15.2 Å². The monoisotopic (exact) mass is 215 g/mol. The molecule has 15 heavy (non-hydrogen) atoms. The van der Waals surface area contributed by atoms with E-state index in [9.17, 15) is 5.11 Å². The number of nitriles is 1. The van der Waals surface area contributed by atoms with Gasteiger partial charge >= 0.3 is 0 Å². The van der Waals surface area contributed by atoms with Crippen molar-refractivity contribution < 1.29 is 9.84 Å². The third kappa shape index (κ3) is 8.33. The van der Waals surface area contributed by atoms with Gasteiger partial charge in [0, 0.05) is 39.7 Å². The number of nitrogens with zero attached hydrogens (tertiary/aromatic N) is 2. The summed E-state index contributed by atoms with van der Waals surface area (Å²) in [6, 6.07) is 2.10. The molecule has 0 heterocycles. The predicted octanol–water partition coefficient (Wildman–Crippen LogP) is -0.571. The Kier molecular flexibility index (Phi) is 9.43. The molecule has 0 aromatic heterocycles. The maximum absolute atomic E-state index is 9.59. The SMILES string of the molecule is CNCC(O)CN(CCC#N)CCOC. The van der Waals surface area contributed by atoms with Gasteiger partial charge in [-0.05, 0) is 7.05 Å². The molecule has 0 saturated carbocycles. The Bertz CT molecular complexity index is 182. The van der Waals surface area contributed by atoms with Gasteiger partial charge in [-0.15, -0.1) is 0 Å². The van der Waals surface area contributed by atoms with Crippen molar-refractivity contribution in [2.75, 3.05) is 46.9 Å². The summed E-state index contributed by atoms with van der Waals surface area (Å²) in [7, 11) is 3.45. The van der Waals surface area contributed by atoms with Gasteiger partial charge in [-0.25, -0.2) is 0 Å². The maximum Gasteiger partial charge on any atom is 0.0791 e. The predicted molar refractivity (Wildman–Crippen MR) is 58.5 cm³/mol. The lowest BCUT2D eigenvalue weighted by Crippen LogP contribution is -2.39. The van der Waals surface area contributed by atoms with Crippen LogP contribution in [0.1, 0.15) is 6.42 Å². The Morgan fingerprint density at radius 2 is 2.27 bits per heavy atom. The van der Waals surface area contributed by atoms with Crippen LogP contribution in [0.2, 0.25) is 0 Å². The van der Waals surface area contributed by atoms with Crippen LogP contribution in [0, 0.1) is 11.3 Å². The summed E-state index contributed by atoms with van der Waals surface area (Å²) in [5, 5.41) is 21.0. The van der Waals surface area contributed by atoms with Crippen molar-refractivity contribution in [3.63, 3.8) is 0 Å². The summed E-state index contributed by atoms with van der Waals surface area (Å²) in [6.07, 6.45) is 0.0845. The Labute approximate surface area is 91.6 Å². The molecular weight excluding hydrogens is 194 g/mol. The molecule has 0 amide bonds. The fourth-order valence-corrected chi connectivity index (χ4v) is 1.32. The van der Waals surface area contributed by atoms with E-state index in [0.717, 1.165) is 6.54 Å². The molecule has 0 saturated heterocycles. The topological polar surface area (TPSA) is 68.5 Å². The molecule has 0 spiro atoms. The van der Waals surface area contributed by atoms with Crippen molar-refractivity contribution in [2.45, 2.75) is 12.5 Å². The lowest BCUT2D eigenvalue weighted by Gasteiger charge is -2.23. The van der Waals surface area contributed by atoms with Gasteiger partial charge in [-0.1, -0.05) is 0 Å². The zero-order valence-electron chi connectivity index (χ0n) is 9.57. The van der Waals surface area contributed by atoms with Crippen molar-refractivity contribution >= 4 is 0 Å². The van der Waals surface area contributed by atoms with Crippen LogP contribution in [0.5, 0.6) is 0 Å². The van der Waals surface area contributed by atoms with Crippen LogP contribution in [0.3, 0.4) is 0 Å². The van der Waals surface area contributed by atoms with Crippen LogP contribution in [0.15, 0.2) is 0 Å². The highest BCUT2D eigenvalue weighted by molar-refractivity contribution is 4.74. The quantitative estimate of drug-likeness (QED) is 0.539. The lowest BCUT2D eigenvalue weighted by atomic mass is 10.3. The molecule has 2 N–H and O–H groups in total. The summed E-state index contributed by atoms with van der Waals surface area (Å²) >= 11 is 0. The molecule has 0 rings (SSSR count). The molecule has 0 bridgehead atoms. The van der Waals surface area contributed by atoms with Gasteiger partial charge in [0.25, 0.3) is 0 Å². The minimum Gasteiger partial charge on any atom is -0.390 e. The van der Waals surface area contributed by atoms with E-state index in [2.05, 4.69) is 11.4 Å². The molecule has 0 fully saturated rings. The van der Waals surface area contributed by atoms with Gasteiger partial charge in [-0.2, -0.15) is 5.26 Å². The zero-order valence-corrected chi connectivity index (χ0v) is 9.57. The number of nitrogens with one attached hydrogen (secondary N) is 1. The number of hydrogen-bond acceptors (Lipinski definition) is 5. The molecule has 88 valence electrons. The van der Waals surface area contributed by atoms with E-state index in [1.807, 2.05) is 4.90 Å². The number of rotatable bonds is 9. The maximum atomic E-state index is 9.59. The first-order valence-electron chi connectivity index (χ1n) is 5.15. The van der Waals surface area contributed by atoms with Gasteiger partial charge in [0.2, 0.25) is 0 Å². The van der Waals surface area contributed by atoms with Crippen molar-refractivity contribution in [3.8, 4) is 6.07 Å². The van der Waals surface area contributed by atoms with Crippen molar-refractivity contribution in [1.29, 1.82) is 5.26 Å². The molecule has 0 aliphatic heterocycles. The number of aliphatic hydroxyl groups is 1. The number of ether oxygens (including phenoxy) is 1. The number of hydrogen-bond donors (Lipinski definition) is 2. The van der Waals surface area contributed by atoms with Gasteiger partial charge in [0.1, 0.15) is 0 Å². The average Bonchev–Trinajstić information content (AvgIpc) is 2.22. The Balaban J connectivity index is 3.82. The van der Waals surface area contributed by atoms with Crippen LogP contribution in [-0.4, -0.2) is 63.1 Å². The summed E-state index contributed by atoms with van der Waals surface area (Å²) < 4.78 is 4.97. The largest absolute Gasteiger partial charge is 0.390 e. The van der Waals surface area contributed by atoms with Crippen molar-refractivity contribution in [2.24, 2.45) is 0 Å². The molecule has 1 unspecified atom stereocenters. The van der Waals surface area contributed by atoms with E-state index < -0.39 is 6.10 Å². The fourth-order valence-electron chi connectivity index (χ4n) is 1.32. The van der Waals surface area contributed by atoms with Crippen molar-refractivity contribution in [3.05, 3.63) is 0 Å². The molecule has 0 aliphatic carbocycles. The second-order valence-electron chi connectivity index (χ2n) is 3.41. The van der Waals surface area contributed by atoms with E-state index >= 15 is 0 Å². The highest BCUT2D eigenvalue weighted by Gasteiger charge is 2.10. The second kappa shape index (κ2) is 9.87. The van der Waals surface area contributed by atoms with Gasteiger partial charge in [-0.3, -0.25) is 4.90 Å². The van der Waals surface area contributed by atoms with E-state index in [-0.39, 0.29) is 0 Å². The van der Waals surface area contributed by atoms with Crippen LogP contribution in [-0.2, 0) is 4.74 Å². The highest BCUT2D eigenvalue weighted by Crippen LogP contribution is 1.94. The molecular formula is C10H21N3O2. The third-order valence-corrected chi connectivity index (χ3v) is 2.06. The van der Waals surface area contributed by atoms with Crippen LogP contribution in [0.4, 0.5) is 0 Å². The van der Waals surface area contributed by atoms with E-state index in [0.29, 0.717) is 32.7 Å². The van der Waals surface area contributed by atoms with Gasteiger partial charge in [0.05, 0.1) is 18.8 Å². The summed E-state index contributed by atoms with van der Waals surface area (Å²) in [5.41, 5.74) is 0. The third-order valence-electron chi connectivity index (χ3n) is 2.06. The first-order valence-corrected chi connectivity index (χ1v) is 5.15. The molecule has 0 aromatic rings. The number of likely N-dealkylation sites (N-methyl/N-ethyl adjacent to an activating group) is 1. The summed E-state index contributed by atoms with van der Waals surface area (Å²) in [4.78, 5) is 2.04. The smallest absolute Gasteiger partial charge is 0.0791 e. The Hall–Kier alpha value is -0.670. The normalized spacial score (nSPS) is 12.7. The zero-order chi connectivity index (χ0) is 11.5. The number of methoxy groups -OCH3 is 1. The second-order valence-corrected chi connectivity index (χ2v) is 3.41. The van der Waals surface area contributed by atoms with Crippen LogP contribution < -0.4 is 5.32 Å². The average molecular weight is 215 g/mol. The molecule has 0 aliphatic rings. The molecule has 0 radical (unpaired) electrons. The minimum absolute atomic E-state index is 0.398. The van der Waals surface area contributed by atoms with Crippen LogP contribution >= 0.6 is 0 Å². The van der Waals surface area contributed by atoms with E-state index in [1.165, 1.54) is 0 Å².